The van der Waals surface area contributed by atoms with E-state index < -0.39 is 16.6 Å². The molecule has 0 aliphatic heterocycles. The molecule has 0 spiro atoms. The van der Waals surface area contributed by atoms with Crippen LogP contribution in [0.3, 0.4) is 0 Å². The Morgan fingerprint density at radius 2 is 2.08 bits per heavy atom. The monoisotopic (exact) mass is 421 g/mol. The summed E-state index contributed by atoms with van der Waals surface area (Å²) in [6.07, 6.45) is 0.184. The van der Waals surface area contributed by atoms with Gasteiger partial charge >= 0.3 is 6.09 Å². The van der Waals surface area contributed by atoms with Crippen molar-refractivity contribution in [3.05, 3.63) is 31.7 Å². The number of hydrogen-bond acceptors (Lipinski definition) is 5. The number of halogens is 2. The van der Waals surface area contributed by atoms with Crippen LogP contribution in [0.4, 0.5) is 16.2 Å². The summed E-state index contributed by atoms with van der Waals surface area (Å²) >= 11 is 9.23. The predicted octanol–water partition coefficient (Wildman–Crippen LogP) is 4.68. The standard InChI is InChI=1S/C15H21BrClN3O4/c1-15(2,3)24-14(21)19(4)9-5-8-18-13-11(20(22)23)7-6-10(17)12(13)16/h6-7,18H,5,8-9H2,1-4H3. The molecule has 0 bridgehead atoms. The van der Waals surface area contributed by atoms with E-state index in [1.54, 1.807) is 27.8 Å². The van der Waals surface area contributed by atoms with Crippen molar-refractivity contribution in [2.75, 3.05) is 25.5 Å². The highest BCUT2D eigenvalue weighted by Crippen LogP contribution is 2.37. The highest BCUT2D eigenvalue weighted by molar-refractivity contribution is 9.10. The van der Waals surface area contributed by atoms with E-state index in [0.29, 0.717) is 34.7 Å². The van der Waals surface area contributed by atoms with Gasteiger partial charge in [0, 0.05) is 26.2 Å². The minimum atomic E-state index is -0.546. The number of carbonyl (C=O) groups excluding carboxylic acids is 1. The molecule has 0 unspecified atom stereocenters. The van der Waals surface area contributed by atoms with Crippen molar-refractivity contribution >= 4 is 45.0 Å². The summed E-state index contributed by atoms with van der Waals surface area (Å²) in [6, 6.07) is 2.81. The number of carbonyl (C=O) groups is 1. The van der Waals surface area contributed by atoms with E-state index in [-0.39, 0.29) is 5.69 Å². The van der Waals surface area contributed by atoms with E-state index in [4.69, 9.17) is 16.3 Å². The third-order valence-electron chi connectivity index (χ3n) is 2.95. The van der Waals surface area contributed by atoms with E-state index in [2.05, 4.69) is 21.2 Å². The molecule has 0 atom stereocenters. The van der Waals surface area contributed by atoms with Gasteiger partial charge in [-0.1, -0.05) is 11.6 Å². The molecule has 9 heteroatoms. The zero-order valence-corrected chi connectivity index (χ0v) is 16.4. The van der Waals surface area contributed by atoms with Crippen molar-refractivity contribution in [1.82, 2.24) is 4.90 Å². The van der Waals surface area contributed by atoms with E-state index in [1.807, 2.05) is 0 Å². The number of amides is 1. The quantitative estimate of drug-likeness (QED) is 0.409. The molecule has 1 N–H and O–H groups in total. The predicted molar refractivity (Wildman–Crippen MR) is 97.8 cm³/mol. The molecular weight excluding hydrogens is 402 g/mol. The molecule has 0 aliphatic carbocycles. The second kappa shape index (κ2) is 8.53. The normalized spacial score (nSPS) is 11.1. The van der Waals surface area contributed by atoms with Crippen LogP contribution >= 0.6 is 27.5 Å². The van der Waals surface area contributed by atoms with Crippen molar-refractivity contribution in [2.45, 2.75) is 32.8 Å². The first-order chi connectivity index (χ1) is 11.0. The van der Waals surface area contributed by atoms with Crippen molar-refractivity contribution in [1.29, 1.82) is 0 Å². The second-order valence-electron chi connectivity index (χ2n) is 6.19. The topological polar surface area (TPSA) is 84.7 Å². The van der Waals surface area contributed by atoms with Crippen molar-refractivity contribution < 1.29 is 14.5 Å². The van der Waals surface area contributed by atoms with Crippen molar-refractivity contribution in [3.8, 4) is 0 Å². The number of anilines is 1. The first-order valence-electron chi connectivity index (χ1n) is 7.33. The molecule has 1 aromatic carbocycles. The number of nitrogens with one attached hydrogen (secondary N) is 1. The van der Waals surface area contributed by atoms with Crippen LogP contribution in [-0.4, -0.2) is 41.7 Å². The third-order valence-corrected chi connectivity index (χ3v) is 4.31. The fourth-order valence-electron chi connectivity index (χ4n) is 1.82. The first kappa shape index (κ1) is 20.5. The van der Waals surface area contributed by atoms with Gasteiger partial charge in [-0.25, -0.2) is 4.79 Å². The second-order valence-corrected chi connectivity index (χ2v) is 7.40. The number of rotatable bonds is 6. The number of nitro benzene ring substituents is 1. The van der Waals surface area contributed by atoms with Gasteiger partial charge in [0.2, 0.25) is 0 Å². The van der Waals surface area contributed by atoms with Gasteiger partial charge in [0.05, 0.1) is 14.4 Å². The Kier molecular flexibility index (Phi) is 7.28. The molecule has 0 heterocycles. The lowest BCUT2D eigenvalue weighted by molar-refractivity contribution is -0.384. The van der Waals surface area contributed by atoms with Gasteiger partial charge in [-0.05, 0) is 49.2 Å². The summed E-state index contributed by atoms with van der Waals surface area (Å²) in [5, 5.41) is 14.5. The Morgan fingerprint density at radius 1 is 1.46 bits per heavy atom. The highest BCUT2D eigenvalue weighted by Gasteiger charge is 2.20. The zero-order valence-electron chi connectivity index (χ0n) is 14.1. The maximum Gasteiger partial charge on any atom is 0.410 e. The fourth-order valence-corrected chi connectivity index (χ4v) is 2.45. The van der Waals surface area contributed by atoms with Crippen LogP contribution in [0.5, 0.6) is 0 Å². The number of hydrogen-bond donors (Lipinski definition) is 1. The van der Waals surface area contributed by atoms with Gasteiger partial charge in [0.1, 0.15) is 11.3 Å². The van der Waals surface area contributed by atoms with Crippen molar-refractivity contribution in [3.63, 3.8) is 0 Å². The summed E-state index contributed by atoms with van der Waals surface area (Å²) in [4.78, 5) is 23.9. The minimum Gasteiger partial charge on any atom is -0.444 e. The largest absolute Gasteiger partial charge is 0.444 e. The lowest BCUT2D eigenvalue weighted by atomic mass is 10.2. The average molecular weight is 423 g/mol. The lowest BCUT2D eigenvalue weighted by Gasteiger charge is -2.24. The van der Waals surface area contributed by atoms with E-state index in [0.717, 1.165) is 0 Å². The van der Waals surface area contributed by atoms with Crippen LogP contribution in [0.15, 0.2) is 16.6 Å². The summed E-state index contributed by atoms with van der Waals surface area (Å²) < 4.78 is 5.70. The van der Waals surface area contributed by atoms with Gasteiger partial charge in [-0.2, -0.15) is 0 Å². The SMILES string of the molecule is CN(CCCNc1c([N+](=O)[O-])ccc(Cl)c1Br)C(=O)OC(C)(C)C. The molecule has 0 aromatic heterocycles. The third kappa shape index (κ3) is 6.16. The first-order valence-corrected chi connectivity index (χ1v) is 8.50. The molecule has 7 nitrogen and oxygen atoms in total. The van der Waals surface area contributed by atoms with Crippen LogP contribution in [0.2, 0.25) is 5.02 Å². The maximum atomic E-state index is 11.8. The van der Waals surface area contributed by atoms with E-state index in [1.165, 1.54) is 17.0 Å². The van der Waals surface area contributed by atoms with Crippen LogP contribution in [-0.2, 0) is 4.74 Å². The average Bonchev–Trinajstić information content (AvgIpc) is 2.45. The molecule has 0 fully saturated rings. The highest BCUT2D eigenvalue weighted by atomic mass is 79.9. The number of nitrogens with zero attached hydrogens (tertiary/aromatic N) is 2. The molecule has 1 amide bonds. The fraction of sp³-hybridized carbons (Fsp3) is 0.533. The van der Waals surface area contributed by atoms with Gasteiger partial charge in [0.15, 0.2) is 0 Å². The van der Waals surface area contributed by atoms with Gasteiger partial charge in [-0.3, -0.25) is 10.1 Å². The van der Waals surface area contributed by atoms with E-state index in [9.17, 15) is 14.9 Å². The summed E-state index contributed by atoms with van der Waals surface area (Å²) in [7, 11) is 1.64. The number of ether oxygens (including phenoxy) is 1. The zero-order chi connectivity index (χ0) is 18.5. The van der Waals surface area contributed by atoms with Crippen LogP contribution in [0.25, 0.3) is 0 Å². The van der Waals surface area contributed by atoms with Crippen molar-refractivity contribution in [2.24, 2.45) is 0 Å². The molecule has 1 aromatic rings. The molecule has 24 heavy (non-hydrogen) atoms. The molecule has 0 saturated heterocycles. The lowest BCUT2D eigenvalue weighted by Crippen LogP contribution is -2.35. The smallest absolute Gasteiger partial charge is 0.410 e. The Bertz CT molecular complexity index is 619. The van der Waals surface area contributed by atoms with Gasteiger partial charge in [0.25, 0.3) is 5.69 Å². The Balaban J connectivity index is 2.58. The molecule has 134 valence electrons. The summed E-state index contributed by atoms with van der Waals surface area (Å²) in [5.74, 6) is 0. The van der Waals surface area contributed by atoms with Gasteiger partial charge in [-0.15, -0.1) is 0 Å². The van der Waals surface area contributed by atoms with Crippen LogP contribution in [0.1, 0.15) is 27.2 Å². The van der Waals surface area contributed by atoms with E-state index >= 15 is 0 Å². The molecule has 0 aliphatic rings. The molecular formula is C15H21BrClN3O4. The molecule has 0 radical (unpaired) electrons. The molecule has 1 rings (SSSR count). The summed E-state index contributed by atoms with van der Waals surface area (Å²) in [5.41, 5.74) is -0.283. The number of benzene rings is 1. The number of nitro groups is 1. The maximum absolute atomic E-state index is 11.8. The Labute approximate surface area is 154 Å². The van der Waals surface area contributed by atoms with Crippen LogP contribution < -0.4 is 5.32 Å². The summed E-state index contributed by atoms with van der Waals surface area (Å²) in [6.45, 7) is 6.29. The van der Waals surface area contributed by atoms with Gasteiger partial charge < -0.3 is 15.0 Å². The molecule has 0 saturated carbocycles. The minimum absolute atomic E-state index is 0.0632. The Morgan fingerprint density at radius 3 is 2.62 bits per heavy atom. The van der Waals surface area contributed by atoms with Crippen LogP contribution in [0, 0.1) is 10.1 Å². The Hall–Kier alpha value is -1.54.